The summed E-state index contributed by atoms with van der Waals surface area (Å²) in [4.78, 5) is 0. The summed E-state index contributed by atoms with van der Waals surface area (Å²) in [6, 6.07) is 6.82. The van der Waals surface area contributed by atoms with Crippen LogP contribution in [0.25, 0.3) is 0 Å². The van der Waals surface area contributed by atoms with Gasteiger partial charge in [0, 0.05) is 12.7 Å². The van der Waals surface area contributed by atoms with Crippen molar-refractivity contribution in [3.8, 4) is 5.75 Å². The number of aliphatic hydroxyl groups excluding tert-OH is 1. The number of hydrogen-bond donors (Lipinski definition) is 2. The molecule has 0 heterocycles. The summed E-state index contributed by atoms with van der Waals surface area (Å²) >= 11 is 0. The molecule has 0 radical (unpaired) electrons. The van der Waals surface area contributed by atoms with Crippen molar-refractivity contribution >= 4 is 0 Å². The first kappa shape index (κ1) is 10.0. The minimum atomic E-state index is -0.828. The van der Waals surface area contributed by atoms with Crippen molar-refractivity contribution in [1.29, 1.82) is 0 Å². The molecule has 0 saturated carbocycles. The molecule has 0 spiro atoms. The first-order valence-corrected chi connectivity index (χ1v) is 4.08. The molecule has 0 aliphatic rings. The third kappa shape index (κ3) is 1.82. The van der Waals surface area contributed by atoms with Crippen molar-refractivity contribution in [3.63, 3.8) is 0 Å². The fraction of sp³-hybridized carbons (Fsp3) is 0.400. The third-order valence-corrected chi connectivity index (χ3v) is 2.23. The van der Waals surface area contributed by atoms with Crippen molar-refractivity contribution in [2.75, 3.05) is 13.7 Å². The Balaban J connectivity index is 3.12. The zero-order chi connectivity index (χ0) is 9.90. The predicted molar refractivity (Wildman–Crippen MR) is 49.6 cm³/mol. The summed E-state index contributed by atoms with van der Waals surface area (Å²) in [5, 5.41) is 18.6. The monoisotopic (exact) mass is 182 g/mol. The lowest BCUT2D eigenvalue weighted by Crippen LogP contribution is -2.28. The van der Waals surface area contributed by atoms with Gasteiger partial charge in [-0.1, -0.05) is 18.2 Å². The molecule has 13 heavy (non-hydrogen) atoms. The van der Waals surface area contributed by atoms with Crippen molar-refractivity contribution < 1.29 is 14.9 Å². The molecule has 0 saturated heterocycles. The first-order chi connectivity index (χ1) is 6.14. The quantitative estimate of drug-likeness (QED) is 0.739. The molecule has 3 heteroatoms. The standard InChI is InChI=1S/C10H14O3/c1-10(7-11,13-2)8-5-3-4-6-9(8)12/h3-6,11-12H,7H2,1-2H3. The number of benzene rings is 1. The molecule has 1 aromatic carbocycles. The van der Waals surface area contributed by atoms with Crippen LogP contribution in [0.15, 0.2) is 24.3 Å². The summed E-state index contributed by atoms with van der Waals surface area (Å²) in [7, 11) is 1.50. The normalized spacial score (nSPS) is 15.3. The Morgan fingerprint density at radius 1 is 1.38 bits per heavy atom. The lowest BCUT2D eigenvalue weighted by atomic mass is 9.96. The average Bonchev–Trinajstić information content (AvgIpc) is 2.17. The number of ether oxygens (including phenoxy) is 1. The number of hydrogen-bond acceptors (Lipinski definition) is 3. The molecule has 1 aromatic rings. The van der Waals surface area contributed by atoms with Crippen molar-refractivity contribution in [2.45, 2.75) is 12.5 Å². The molecule has 0 fully saturated rings. The zero-order valence-corrected chi connectivity index (χ0v) is 7.82. The summed E-state index contributed by atoms with van der Waals surface area (Å²) in [6.45, 7) is 1.56. The van der Waals surface area contributed by atoms with E-state index in [1.165, 1.54) is 7.11 Å². The number of aromatic hydroxyl groups is 1. The van der Waals surface area contributed by atoms with Gasteiger partial charge in [-0.25, -0.2) is 0 Å². The maximum Gasteiger partial charge on any atom is 0.121 e. The fourth-order valence-corrected chi connectivity index (χ4v) is 1.18. The summed E-state index contributed by atoms with van der Waals surface area (Å²) < 4.78 is 5.14. The molecule has 1 rings (SSSR count). The second-order valence-corrected chi connectivity index (χ2v) is 3.11. The van der Waals surface area contributed by atoms with Gasteiger partial charge in [0.1, 0.15) is 11.4 Å². The van der Waals surface area contributed by atoms with E-state index in [4.69, 9.17) is 9.84 Å². The van der Waals surface area contributed by atoms with Crippen molar-refractivity contribution in [2.24, 2.45) is 0 Å². The van der Waals surface area contributed by atoms with Gasteiger partial charge in [-0.2, -0.15) is 0 Å². The van der Waals surface area contributed by atoms with Gasteiger partial charge in [-0.15, -0.1) is 0 Å². The molecule has 0 aliphatic carbocycles. The number of para-hydroxylation sites is 1. The second-order valence-electron chi connectivity index (χ2n) is 3.11. The van der Waals surface area contributed by atoms with E-state index in [0.717, 1.165) is 0 Å². The van der Waals surface area contributed by atoms with Crippen LogP contribution in [0.3, 0.4) is 0 Å². The van der Waals surface area contributed by atoms with Gasteiger partial charge < -0.3 is 14.9 Å². The second kappa shape index (κ2) is 3.77. The highest BCUT2D eigenvalue weighted by Gasteiger charge is 2.27. The van der Waals surface area contributed by atoms with Crippen LogP contribution in [0.1, 0.15) is 12.5 Å². The van der Waals surface area contributed by atoms with E-state index < -0.39 is 5.60 Å². The molecule has 0 amide bonds. The highest BCUT2D eigenvalue weighted by molar-refractivity contribution is 5.36. The SMILES string of the molecule is COC(C)(CO)c1ccccc1O. The number of phenolic OH excluding ortho intramolecular Hbond substituents is 1. The lowest BCUT2D eigenvalue weighted by molar-refractivity contribution is -0.0435. The minimum Gasteiger partial charge on any atom is -0.508 e. The van der Waals surface area contributed by atoms with E-state index in [1.807, 2.05) is 0 Å². The van der Waals surface area contributed by atoms with Crippen molar-refractivity contribution in [1.82, 2.24) is 0 Å². The van der Waals surface area contributed by atoms with E-state index in [1.54, 1.807) is 31.2 Å². The highest BCUT2D eigenvalue weighted by atomic mass is 16.5. The van der Waals surface area contributed by atoms with Crippen LogP contribution in [0, 0.1) is 0 Å². The number of rotatable bonds is 3. The molecule has 0 aromatic heterocycles. The molecule has 1 unspecified atom stereocenters. The lowest BCUT2D eigenvalue weighted by Gasteiger charge is -2.26. The Kier molecular flexibility index (Phi) is 2.90. The number of aliphatic hydroxyl groups is 1. The summed E-state index contributed by atoms with van der Waals surface area (Å²) in [5.41, 5.74) is -0.231. The van der Waals surface area contributed by atoms with E-state index in [9.17, 15) is 5.11 Å². The topological polar surface area (TPSA) is 49.7 Å². The molecular formula is C10H14O3. The van der Waals surface area contributed by atoms with E-state index in [-0.39, 0.29) is 12.4 Å². The van der Waals surface area contributed by atoms with Gasteiger partial charge in [0.05, 0.1) is 6.61 Å². The van der Waals surface area contributed by atoms with Gasteiger partial charge in [-0.05, 0) is 13.0 Å². The van der Waals surface area contributed by atoms with Crippen LogP contribution in [-0.4, -0.2) is 23.9 Å². The molecule has 72 valence electrons. The molecule has 2 N–H and O–H groups in total. The highest BCUT2D eigenvalue weighted by Crippen LogP contribution is 2.30. The largest absolute Gasteiger partial charge is 0.508 e. The smallest absolute Gasteiger partial charge is 0.121 e. The molecular weight excluding hydrogens is 168 g/mol. The Bertz CT molecular complexity index is 279. The Hall–Kier alpha value is -1.06. The average molecular weight is 182 g/mol. The Morgan fingerprint density at radius 2 is 2.00 bits per heavy atom. The van der Waals surface area contributed by atoms with Gasteiger partial charge in [0.2, 0.25) is 0 Å². The van der Waals surface area contributed by atoms with E-state index in [2.05, 4.69) is 0 Å². The van der Waals surface area contributed by atoms with Crippen LogP contribution < -0.4 is 0 Å². The summed E-state index contributed by atoms with van der Waals surface area (Å²) in [6.07, 6.45) is 0. The van der Waals surface area contributed by atoms with E-state index in [0.29, 0.717) is 5.56 Å². The zero-order valence-electron chi connectivity index (χ0n) is 7.82. The molecule has 3 nitrogen and oxygen atoms in total. The fourth-order valence-electron chi connectivity index (χ4n) is 1.18. The van der Waals surface area contributed by atoms with Crippen LogP contribution in [0.4, 0.5) is 0 Å². The van der Waals surface area contributed by atoms with Crippen LogP contribution in [-0.2, 0) is 10.3 Å². The third-order valence-electron chi connectivity index (χ3n) is 2.23. The van der Waals surface area contributed by atoms with E-state index >= 15 is 0 Å². The minimum absolute atomic E-state index is 0.140. The number of methoxy groups -OCH3 is 1. The van der Waals surface area contributed by atoms with Crippen molar-refractivity contribution in [3.05, 3.63) is 29.8 Å². The van der Waals surface area contributed by atoms with Gasteiger partial charge in [-0.3, -0.25) is 0 Å². The Morgan fingerprint density at radius 3 is 2.46 bits per heavy atom. The first-order valence-electron chi connectivity index (χ1n) is 4.08. The van der Waals surface area contributed by atoms with Gasteiger partial charge in [0.15, 0.2) is 0 Å². The number of phenols is 1. The summed E-state index contributed by atoms with van der Waals surface area (Å²) in [5.74, 6) is 0.140. The maximum atomic E-state index is 9.52. The molecule has 0 aliphatic heterocycles. The van der Waals surface area contributed by atoms with Crippen LogP contribution >= 0.6 is 0 Å². The molecule has 1 atom stereocenters. The maximum absolute atomic E-state index is 9.52. The molecule has 0 bridgehead atoms. The van der Waals surface area contributed by atoms with Crippen LogP contribution in [0.5, 0.6) is 5.75 Å². The Labute approximate surface area is 77.6 Å². The predicted octanol–water partition coefficient (Wildman–Crippen LogP) is 1.25. The van der Waals surface area contributed by atoms with Gasteiger partial charge >= 0.3 is 0 Å². The van der Waals surface area contributed by atoms with Gasteiger partial charge in [0.25, 0.3) is 0 Å². The van der Waals surface area contributed by atoms with Crippen LogP contribution in [0.2, 0.25) is 0 Å².